The summed E-state index contributed by atoms with van der Waals surface area (Å²) in [5.41, 5.74) is 8.10. The number of hydrogen-bond acceptors (Lipinski definition) is 0. The van der Waals surface area contributed by atoms with Crippen LogP contribution in [0, 0.1) is 0 Å². The zero-order valence-corrected chi connectivity index (χ0v) is 14.9. The van der Waals surface area contributed by atoms with Crippen LogP contribution in [0.15, 0.2) is 72.8 Å². The number of fused-ring (bicyclic) bond motifs is 7. The van der Waals surface area contributed by atoms with Crippen molar-refractivity contribution in [2.75, 3.05) is 0 Å². The third kappa shape index (κ3) is 1.65. The molecule has 4 aromatic carbocycles. The van der Waals surface area contributed by atoms with Crippen LogP contribution in [0.25, 0.3) is 43.7 Å². The minimum absolute atomic E-state index is 0.0438. The molecule has 0 radical (unpaired) electrons. The number of H-pyrrole nitrogens is 1. The number of aromatic nitrogens is 1. The van der Waals surface area contributed by atoms with Gasteiger partial charge in [0.1, 0.15) is 0 Å². The smallest absolute Gasteiger partial charge is 0.0471 e. The van der Waals surface area contributed by atoms with Crippen molar-refractivity contribution < 1.29 is 0 Å². The Morgan fingerprint density at radius 3 is 2.12 bits per heavy atom. The Balaban J connectivity index is 1.75. The van der Waals surface area contributed by atoms with Crippen LogP contribution >= 0.6 is 0 Å². The van der Waals surface area contributed by atoms with E-state index in [0.29, 0.717) is 0 Å². The van der Waals surface area contributed by atoms with Gasteiger partial charge in [0.05, 0.1) is 0 Å². The Bertz CT molecular complexity index is 1350. The first-order chi connectivity index (χ1) is 12.6. The van der Waals surface area contributed by atoms with Crippen LogP contribution in [0.2, 0.25) is 0 Å². The molecule has 0 fully saturated rings. The van der Waals surface area contributed by atoms with Gasteiger partial charge in [-0.05, 0) is 57.3 Å². The van der Waals surface area contributed by atoms with E-state index in [2.05, 4.69) is 91.6 Å². The summed E-state index contributed by atoms with van der Waals surface area (Å²) in [5.74, 6) is 0. The molecule has 0 saturated carbocycles. The molecule has 1 nitrogen and oxygen atoms in total. The van der Waals surface area contributed by atoms with Gasteiger partial charge in [-0.25, -0.2) is 0 Å². The molecule has 0 aliphatic heterocycles. The average Bonchev–Trinajstić information content (AvgIpc) is 3.11. The molecule has 0 saturated heterocycles. The molecule has 1 N–H and O–H groups in total. The molecular weight excluding hydrogens is 314 g/mol. The number of aromatic amines is 1. The van der Waals surface area contributed by atoms with Gasteiger partial charge in [-0.2, -0.15) is 0 Å². The topological polar surface area (TPSA) is 15.8 Å². The Morgan fingerprint density at radius 1 is 0.615 bits per heavy atom. The van der Waals surface area contributed by atoms with E-state index < -0.39 is 0 Å². The van der Waals surface area contributed by atoms with Gasteiger partial charge < -0.3 is 4.98 Å². The van der Waals surface area contributed by atoms with E-state index >= 15 is 0 Å². The molecule has 1 heteroatoms. The van der Waals surface area contributed by atoms with Crippen LogP contribution in [0.4, 0.5) is 0 Å². The molecule has 1 aromatic heterocycles. The highest BCUT2D eigenvalue weighted by Crippen LogP contribution is 2.50. The van der Waals surface area contributed by atoms with E-state index in [1.54, 1.807) is 0 Å². The molecule has 0 amide bonds. The van der Waals surface area contributed by atoms with Gasteiger partial charge in [0.25, 0.3) is 0 Å². The summed E-state index contributed by atoms with van der Waals surface area (Å²) in [6.07, 6.45) is 0. The fourth-order valence-electron chi connectivity index (χ4n) is 4.79. The van der Waals surface area contributed by atoms with Gasteiger partial charge in [0.2, 0.25) is 0 Å². The van der Waals surface area contributed by atoms with E-state index in [1.165, 1.54) is 54.8 Å². The lowest BCUT2D eigenvalue weighted by atomic mass is 9.82. The van der Waals surface area contributed by atoms with Crippen LogP contribution in [0.3, 0.4) is 0 Å². The Kier molecular flexibility index (Phi) is 2.48. The monoisotopic (exact) mass is 333 g/mol. The summed E-state index contributed by atoms with van der Waals surface area (Å²) in [4.78, 5) is 3.66. The van der Waals surface area contributed by atoms with E-state index in [4.69, 9.17) is 0 Å². The van der Waals surface area contributed by atoms with Gasteiger partial charge >= 0.3 is 0 Å². The largest absolute Gasteiger partial charge is 0.354 e. The summed E-state index contributed by atoms with van der Waals surface area (Å²) in [6.45, 7) is 4.67. The standard InChI is InChI=1S/C25H19N/c1-25(2)21-10-6-5-9-17(21)18-13-20-19-11-15-7-3-4-8-16(15)12-23(19)26-24(20)14-22(18)25/h3-14,26H,1-2H3. The van der Waals surface area contributed by atoms with Gasteiger partial charge in [0, 0.05) is 27.2 Å². The van der Waals surface area contributed by atoms with Crippen LogP contribution in [0.1, 0.15) is 25.0 Å². The van der Waals surface area contributed by atoms with Gasteiger partial charge in [-0.1, -0.05) is 62.4 Å². The lowest BCUT2D eigenvalue weighted by Crippen LogP contribution is -2.14. The maximum absolute atomic E-state index is 3.66. The maximum atomic E-state index is 3.66. The molecule has 1 heterocycles. The zero-order valence-electron chi connectivity index (χ0n) is 14.9. The number of rotatable bonds is 0. The van der Waals surface area contributed by atoms with Crippen molar-refractivity contribution in [2.45, 2.75) is 19.3 Å². The maximum Gasteiger partial charge on any atom is 0.0471 e. The van der Waals surface area contributed by atoms with Crippen LogP contribution in [-0.4, -0.2) is 4.98 Å². The molecule has 0 bridgehead atoms. The van der Waals surface area contributed by atoms with Crippen LogP contribution < -0.4 is 0 Å². The molecular formula is C25H19N. The predicted molar refractivity (Wildman–Crippen MR) is 111 cm³/mol. The fourth-order valence-corrected chi connectivity index (χ4v) is 4.79. The van der Waals surface area contributed by atoms with Gasteiger partial charge in [-0.15, -0.1) is 0 Å². The molecule has 5 aromatic rings. The van der Waals surface area contributed by atoms with Crippen molar-refractivity contribution in [1.29, 1.82) is 0 Å². The Labute approximate surface area is 152 Å². The summed E-state index contributed by atoms with van der Waals surface area (Å²) in [5, 5.41) is 5.20. The zero-order chi connectivity index (χ0) is 17.5. The highest BCUT2D eigenvalue weighted by molar-refractivity contribution is 6.13. The summed E-state index contributed by atoms with van der Waals surface area (Å²) in [7, 11) is 0. The van der Waals surface area contributed by atoms with Crippen molar-refractivity contribution in [3.63, 3.8) is 0 Å². The minimum Gasteiger partial charge on any atom is -0.354 e. The molecule has 0 spiro atoms. The Hall–Kier alpha value is -3.06. The van der Waals surface area contributed by atoms with Crippen molar-refractivity contribution in [2.24, 2.45) is 0 Å². The first-order valence-corrected chi connectivity index (χ1v) is 9.21. The molecule has 26 heavy (non-hydrogen) atoms. The molecule has 124 valence electrons. The predicted octanol–water partition coefficient (Wildman–Crippen LogP) is 6.78. The van der Waals surface area contributed by atoms with Gasteiger partial charge in [-0.3, -0.25) is 0 Å². The fraction of sp³-hybridized carbons (Fsp3) is 0.120. The second kappa shape index (κ2) is 4.56. The first-order valence-electron chi connectivity index (χ1n) is 9.21. The summed E-state index contributed by atoms with van der Waals surface area (Å²) in [6, 6.07) is 26.8. The second-order valence-corrected chi connectivity index (χ2v) is 7.98. The van der Waals surface area contributed by atoms with E-state index in [9.17, 15) is 0 Å². The lowest BCUT2D eigenvalue weighted by Gasteiger charge is -2.21. The van der Waals surface area contributed by atoms with Crippen molar-refractivity contribution in [3.05, 3.63) is 83.9 Å². The van der Waals surface area contributed by atoms with E-state index in [-0.39, 0.29) is 5.41 Å². The van der Waals surface area contributed by atoms with Crippen LogP contribution in [-0.2, 0) is 5.41 Å². The SMILES string of the molecule is CC1(C)c2ccccc2-c2cc3c(cc21)[nH]c1cc2ccccc2cc13. The number of nitrogens with one attached hydrogen (secondary N) is 1. The summed E-state index contributed by atoms with van der Waals surface area (Å²) >= 11 is 0. The Morgan fingerprint density at radius 2 is 1.27 bits per heavy atom. The second-order valence-electron chi connectivity index (χ2n) is 7.98. The van der Waals surface area contributed by atoms with Crippen LogP contribution in [0.5, 0.6) is 0 Å². The third-order valence-corrected chi connectivity index (χ3v) is 6.17. The third-order valence-electron chi connectivity index (χ3n) is 6.17. The van der Waals surface area contributed by atoms with E-state index in [0.717, 1.165) is 0 Å². The summed E-state index contributed by atoms with van der Waals surface area (Å²) < 4.78 is 0. The average molecular weight is 333 g/mol. The lowest BCUT2D eigenvalue weighted by molar-refractivity contribution is 0.661. The molecule has 1 aliphatic rings. The normalized spacial score (nSPS) is 14.8. The van der Waals surface area contributed by atoms with Crippen molar-refractivity contribution >= 4 is 32.6 Å². The molecule has 0 atom stereocenters. The highest BCUT2D eigenvalue weighted by atomic mass is 14.7. The van der Waals surface area contributed by atoms with Crippen molar-refractivity contribution in [1.82, 2.24) is 4.98 Å². The number of benzene rings is 4. The molecule has 1 aliphatic carbocycles. The highest BCUT2D eigenvalue weighted by Gasteiger charge is 2.35. The minimum atomic E-state index is 0.0438. The molecule has 6 rings (SSSR count). The quantitative estimate of drug-likeness (QED) is 0.321. The van der Waals surface area contributed by atoms with Crippen molar-refractivity contribution in [3.8, 4) is 11.1 Å². The van der Waals surface area contributed by atoms with E-state index in [1.807, 2.05) is 0 Å². The number of hydrogen-bond donors (Lipinski definition) is 1. The molecule has 0 unspecified atom stereocenters. The first kappa shape index (κ1) is 14.1. The van der Waals surface area contributed by atoms with Gasteiger partial charge in [0.15, 0.2) is 0 Å².